The summed E-state index contributed by atoms with van der Waals surface area (Å²) in [6.07, 6.45) is 0.644. The summed E-state index contributed by atoms with van der Waals surface area (Å²) in [5, 5.41) is 10.9. The first-order valence-corrected chi connectivity index (χ1v) is 6.07. The predicted octanol–water partition coefficient (Wildman–Crippen LogP) is 1.69. The zero-order valence-electron chi connectivity index (χ0n) is 10.8. The highest BCUT2D eigenvalue weighted by Crippen LogP contribution is 2.19. The first-order valence-electron chi connectivity index (χ1n) is 6.07. The van der Waals surface area contributed by atoms with Crippen LogP contribution < -0.4 is 10.1 Å². The third kappa shape index (κ3) is 4.80. The van der Waals surface area contributed by atoms with E-state index in [1.807, 2.05) is 6.07 Å². The van der Waals surface area contributed by atoms with E-state index in [4.69, 9.17) is 10.00 Å². The quantitative estimate of drug-likeness (QED) is 0.597. The van der Waals surface area contributed by atoms with Crippen LogP contribution in [0.4, 0.5) is 0 Å². The summed E-state index contributed by atoms with van der Waals surface area (Å²) < 4.78 is 5.34. The van der Waals surface area contributed by atoms with Crippen LogP contribution in [0.15, 0.2) is 24.3 Å². The number of nitrogens with zero attached hydrogens (tertiary/aromatic N) is 1. The lowest BCUT2D eigenvalue weighted by atomic mass is 10.1. The van der Waals surface area contributed by atoms with Crippen LogP contribution in [-0.4, -0.2) is 24.8 Å². The number of para-hydroxylation sites is 1. The Morgan fingerprint density at radius 2 is 2.11 bits per heavy atom. The number of carbonyl (C=O) groups is 2. The van der Waals surface area contributed by atoms with Gasteiger partial charge in [-0.1, -0.05) is 19.1 Å². The van der Waals surface area contributed by atoms with Gasteiger partial charge in [0.1, 0.15) is 5.75 Å². The molecule has 0 spiro atoms. The van der Waals surface area contributed by atoms with Crippen molar-refractivity contribution in [2.24, 2.45) is 0 Å². The Morgan fingerprint density at radius 1 is 1.37 bits per heavy atom. The molecule has 0 aliphatic rings. The van der Waals surface area contributed by atoms with Gasteiger partial charge in [0, 0.05) is 13.0 Å². The molecule has 0 heterocycles. The largest absolute Gasteiger partial charge is 0.483 e. The molecule has 1 aromatic rings. The second-order valence-corrected chi connectivity index (χ2v) is 3.82. The van der Waals surface area contributed by atoms with E-state index in [9.17, 15) is 9.59 Å². The number of Topliss-reactive ketones (excluding diaryl/α,β-unsaturated/α-hetero) is 1. The highest BCUT2D eigenvalue weighted by atomic mass is 16.5. The molecule has 0 aliphatic carbocycles. The number of benzene rings is 1. The molecule has 0 atom stereocenters. The summed E-state index contributed by atoms with van der Waals surface area (Å²) in [6.45, 7) is 1.90. The highest BCUT2D eigenvalue weighted by Gasteiger charge is 2.11. The molecule has 0 bridgehead atoms. The number of ether oxygens (including phenoxy) is 1. The maximum absolute atomic E-state index is 11.7. The number of ketones is 1. The summed E-state index contributed by atoms with van der Waals surface area (Å²) in [4.78, 5) is 23.1. The minimum atomic E-state index is -0.311. The molecule has 1 aromatic carbocycles. The van der Waals surface area contributed by atoms with Crippen LogP contribution in [0, 0.1) is 11.3 Å². The van der Waals surface area contributed by atoms with Gasteiger partial charge >= 0.3 is 0 Å². The Bertz CT molecular complexity index is 492. The zero-order chi connectivity index (χ0) is 14.1. The fourth-order valence-electron chi connectivity index (χ4n) is 1.47. The van der Waals surface area contributed by atoms with Crippen LogP contribution in [0.3, 0.4) is 0 Å². The first-order chi connectivity index (χ1) is 9.19. The van der Waals surface area contributed by atoms with Crippen LogP contribution in [0.1, 0.15) is 30.1 Å². The molecule has 0 saturated heterocycles. The van der Waals surface area contributed by atoms with E-state index in [1.54, 1.807) is 31.2 Å². The zero-order valence-corrected chi connectivity index (χ0v) is 10.8. The van der Waals surface area contributed by atoms with Gasteiger partial charge in [-0.05, 0) is 12.1 Å². The molecule has 0 fully saturated rings. The second-order valence-electron chi connectivity index (χ2n) is 3.82. The SMILES string of the molecule is CCC(=O)c1ccccc1OCC(=O)NCCC#N. The fraction of sp³-hybridized carbons (Fsp3) is 0.357. The van der Waals surface area contributed by atoms with Crippen molar-refractivity contribution < 1.29 is 14.3 Å². The lowest BCUT2D eigenvalue weighted by Gasteiger charge is -2.10. The Morgan fingerprint density at radius 3 is 2.79 bits per heavy atom. The van der Waals surface area contributed by atoms with E-state index in [-0.39, 0.29) is 24.7 Å². The molecule has 0 saturated carbocycles. The van der Waals surface area contributed by atoms with E-state index < -0.39 is 0 Å². The molecule has 1 N–H and O–H groups in total. The Kier molecular flexibility index (Phi) is 6.10. The van der Waals surface area contributed by atoms with E-state index in [2.05, 4.69) is 5.32 Å². The molecular weight excluding hydrogens is 244 g/mol. The van der Waals surface area contributed by atoms with Crippen molar-refractivity contribution >= 4 is 11.7 Å². The van der Waals surface area contributed by atoms with Gasteiger partial charge in [-0.2, -0.15) is 5.26 Å². The minimum Gasteiger partial charge on any atom is -0.483 e. The van der Waals surface area contributed by atoms with Crippen molar-refractivity contribution in [1.29, 1.82) is 5.26 Å². The first kappa shape index (κ1) is 14.7. The fourth-order valence-corrected chi connectivity index (χ4v) is 1.47. The minimum absolute atomic E-state index is 0.0273. The standard InChI is InChI=1S/C14H16N2O3/c1-2-12(17)11-6-3-4-7-13(11)19-10-14(18)16-9-5-8-15/h3-4,6-7H,2,5,9-10H2,1H3,(H,16,18). The van der Waals surface area contributed by atoms with E-state index >= 15 is 0 Å². The van der Waals surface area contributed by atoms with Crippen molar-refractivity contribution in [3.63, 3.8) is 0 Å². The molecule has 0 unspecified atom stereocenters. The second kappa shape index (κ2) is 7.88. The summed E-state index contributed by atoms with van der Waals surface area (Å²) >= 11 is 0. The average Bonchev–Trinajstić information content (AvgIpc) is 2.45. The number of carbonyl (C=O) groups excluding carboxylic acids is 2. The Balaban J connectivity index is 2.56. The third-order valence-corrected chi connectivity index (χ3v) is 2.43. The Labute approximate surface area is 112 Å². The van der Waals surface area contributed by atoms with E-state index in [1.165, 1.54) is 0 Å². The lowest BCUT2D eigenvalue weighted by Crippen LogP contribution is -2.29. The van der Waals surface area contributed by atoms with Gasteiger partial charge in [-0.3, -0.25) is 9.59 Å². The molecule has 19 heavy (non-hydrogen) atoms. The monoisotopic (exact) mass is 260 g/mol. The molecule has 1 rings (SSSR count). The topological polar surface area (TPSA) is 79.2 Å². The van der Waals surface area contributed by atoms with Gasteiger partial charge in [-0.15, -0.1) is 0 Å². The van der Waals surface area contributed by atoms with Crippen molar-refractivity contribution in [3.8, 4) is 11.8 Å². The third-order valence-electron chi connectivity index (χ3n) is 2.43. The van der Waals surface area contributed by atoms with Crippen molar-refractivity contribution in [3.05, 3.63) is 29.8 Å². The van der Waals surface area contributed by atoms with Crippen molar-refractivity contribution in [1.82, 2.24) is 5.32 Å². The number of hydrogen-bond acceptors (Lipinski definition) is 4. The molecule has 1 amide bonds. The molecular formula is C14H16N2O3. The summed E-state index contributed by atoms with van der Waals surface area (Å²) in [6, 6.07) is 8.76. The van der Waals surface area contributed by atoms with E-state index in [0.29, 0.717) is 24.3 Å². The van der Waals surface area contributed by atoms with Gasteiger partial charge in [0.05, 0.1) is 18.1 Å². The van der Waals surface area contributed by atoms with Crippen molar-refractivity contribution in [2.45, 2.75) is 19.8 Å². The number of amides is 1. The van der Waals surface area contributed by atoms with E-state index in [0.717, 1.165) is 0 Å². The normalized spacial score (nSPS) is 9.47. The lowest BCUT2D eigenvalue weighted by molar-refractivity contribution is -0.123. The molecule has 5 nitrogen and oxygen atoms in total. The van der Waals surface area contributed by atoms with Crippen LogP contribution in [0.2, 0.25) is 0 Å². The summed E-state index contributed by atoms with van der Waals surface area (Å²) in [7, 11) is 0. The van der Waals surface area contributed by atoms with Gasteiger partial charge in [-0.25, -0.2) is 0 Å². The number of nitriles is 1. The van der Waals surface area contributed by atoms with Gasteiger partial charge < -0.3 is 10.1 Å². The van der Waals surface area contributed by atoms with Gasteiger partial charge in [0.2, 0.25) is 0 Å². The van der Waals surface area contributed by atoms with Crippen LogP contribution in [0.5, 0.6) is 5.75 Å². The molecule has 0 aromatic heterocycles. The summed E-state index contributed by atoms with van der Waals surface area (Å²) in [5.41, 5.74) is 0.481. The van der Waals surface area contributed by atoms with Crippen LogP contribution in [0.25, 0.3) is 0 Å². The van der Waals surface area contributed by atoms with Crippen LogP contribution in [-0.2, 0) is 4.79 Å². The molecule has 5 heteroatoms. The van der Waals surface area contributed by atoms with Crippen LogP contribution >= 0.6 is 0 Å². The Hall–Kier alpha value is -2.35. The molecule has 0 aliphatic heterocycles. The van der Waals surface area contributed by atoms with Gasteiger partial charge in [0.25, 0.3) is 5.91 Å². The average molecular weight is 260 g/mol. The highest BCUT2D eigenvalue weighted by molar-refractivity contribution is 5.98. The maximum Gasteiger partial charge on any atom is 0.257 e. The maximum atomic E-state index is 11.7. The molecule has 100 valence electrons. The van der Waals surface area contributed by atoms with Crippen molar-refractivity contribution in [2.75, 3.05) is 13.2 Å². The summed E-state index contributed by atoms with van der Waals surface area (Å²) in [5.74, 6) is 0.0688. The smallest absolute Gasteiger partial charge is 0.257 e. The molecule has 0 radical (unpaired) electrons. The number of hydrogen-bond donors (Lipinski definition) is 1. The predicted molar refractivity (Wildman–Crippen MR) is 69.8 cm³/mol. The number of nitrogens with one attached hydrogen (secondary N) is 1. The number of rotatable bonds is 7. The van der Waals surface area contributed by atoms with Gasteiger partial charge in [0.15, 0.2) is 12.4 Å².